The van der Waals surface area contributed by atoms with E-state index in [-0.39, 0.29) is 0 Å². The predicted octanol–water partition coefficient (Wildman–Crippen LogP) is 6.53. The van der Waals surface area contributed by atoms with Gasteiger partial charge in [-0.05, 0) is 56.3 Å². The SMILES string of the molecule is C=C(CC)CCCC=CCC1C(C)CCC1CCC. The molecule has 1 fully saturated rings. The maximum atomic E-state index is 4.07. The molecule has 1 saturated carbocycles. The highest BCUT2D eigenvalue weighted by Gasteiger charge is 2.31. The highest BCUT2D eigenvalue weighted by Crippen LogP contribution is 2.41. The van der Waals surface area contributed by atoms with Gasteiger partial charge in [0.25, 0.3) is 0 Å². The second kappa shape index (κ2) is 9.39. The zero-order valence-corrected chi connectivity index (χ0v) is 13.5. The third kappa shape index (κ3) is 5.97. The van der Waals surface area contributed by atoms with Gasteiger partial charge in [0.15, 0.2) is 0 Å². The Bertz CT molecular complexity index is 272. The van der Waals surface area contributed by atoms with Gasteiger partial charge in [0.1, 0.15) is 0 Å². The van der Waals surface area contributed by atoms with Gasteiger partial charge in [-0.1, -0.05) is 64.3 Å². The van der Waals surface area contributed by atoms with Crippen LogP contribution in [0, 0.1) is 17.8 Å². The average Bonchev–Trinajstić information content (AvgIpc) is 2.75. The zero-order chi connectivity index (χ0) is 14.1. The molecular formula is C19H34. The lowest BCUT2D eigenvalue weighted by Crippen LogP contribution is -2.12. The summed E-state index contributed by atoms with van der Waals surface area (Å²) in [7, 11) is 0. The van der Waals surface area contributed by atoms with E-state index < -0.39 is 0 Å². The van der Waals surface area contributed by atoms with Crippen LogP contribution >= 0.6 is 0 Å². The summed E-state index contributed by atoms with van der Waals surface area (Å²) in [6.45, 7) is 11.1. The Labute approximate surface area is 121 Å². The second-order valence-corrected chi connectivity index (χ2v) is 6.47. The average molecular weight is 262 g/mol. The van der Waals surface area contributed by atoms with Gasteiger partial charge in [-0.3, -0.25) is 0 Å². The van der Waals surface area contributed by atoms with E-state index in [2.05, 4.69) is 39.5 Å². The molecule has 1 aliphatic rings. The normalized spacial score (nSPS) is 27.2. The Balaban J connectivity index is 2.20. The summed E-state index contributed by atoms with van der Waals surface area (Å²) >= 11 is 0. The largest absolute Gasteiger partial charge is 0.0999 e. The maximum Gasteiger partial charge on any atom is -0.0317 e. The van der Waals surface area contributed by atoms with E-state index in [0.717, 1.165) is 24.2 Å². The lowest BCUT2D eigenvalue weighted by Gasteiger charge is -2.21. The van der Waals surface area contributed by atoms with Crippen LogP contribution in [0.4, 0.5) is 0 Å². The van der Waals surface area contributed by atoms with Gasteiger partial charge in [-0.2, -0.15) is 0 Å². The molecule has 0 aromatic heterocycles. The van der Waals surface area contributed by atoms with E-state index in [1.807, 2.05) is 0 Å². The molecule has 0 aromatic carbocycles. The summed E-state index contributed by atoms with van der Waals surface area (Å²) in [4.78, 5) is 0. The molecule has 0 radical (unpaired) electrons. The fourth-order valence-corrected chi connectivity index (χ4v) is 3.54. The van der Waals surface area contributed by atoms with Crippen molar-refractivity contribution in [1.82, 2.24) is 0 Å². The minimum absolute atomic E-state index is 0.945. The van der Waals surface area contributed by atoms with Crippen LogP contribution in [0.5, 0.6) is 0 Å². The number of hydrogen-bond acceptors (Lipinski definition) is 0. The van der Waals surface area contributed by atoms with E-state index in [4.69, 9.17) is 0 Å². The predicted molar refractivity (Wildman–Crippen MR) is 87.3 cm³/mol. The molecule has 0 heterocycles. The summed E-state index contributed by atoms with van der Waals surface area (Å²) < 4.78 is 0. The molecule has 1 rings (SSSR count). The third-order valence-electron chi connectivity index (χ3n) is 4.96. The fraction of sp³-hybridized carbons (Fsp3) is 0.789. The minimum Gasteiger partial charge on any atom is -0.0999 e. The van der Waals surface area contributed by atoms with Crippen LogP contribution in [0.3, 0.4) is 0 Å². The van der Waals surface area contributed by atoms with Gasteiger partial charge in [0.05, 0.1) is 0 Å². The topological polar surface area (TPSA) is 0 Å². The summed E-state index contributed by atoms with van der Waals surface area (Å²) in [5.41, 5.74) is 1.40. The first-order chi connectivity index (χ1) is 9.19. The Kier molecular flexibility index (Phi) is 8.18. The Hall–Kier alpha value is -0.520. The smallest absolute Gasteiger partial charge is 0.0317 e. The summed E-state index contributed by atoms with van der Waals surface area (Å²) in [6.07, 6.45) is 16.8. The third-order valence-corrected chi connectivity index (χ3v) is 4.96. The molecule has 0 heteroatoms. The second-order valence-electron chi connectivity index (χ2n) is 6.47. The molecular weight excluding hydrogens is 228 g/mol. The summed E-state index contributed by atoms with van der Waals surface area (Å²) in [6, 6.07) is 0. The number of hydrogen-bond donors (Lipinski definition) is 0. The van der Waals surface area contributed by atoms with E-state index in [0.29, 0.717) is 0 Å². The molecule has 3 atom stereocenters. The van der Waals surface area contributed by atoms with Crippen LogP contribution in [0.25, 0.3) is 0 Å². The van der Waals surface area contributed by atoms with Gasteiger partial charge in [0, 0.05) is 0 Å². The van der Waals surface area contributed by atoms with Crippen LogP contribution in [0.2, 0.25) is 0 Å². The first-order valence-electron chi connectivity index (χ1n) is 8.50. The zero-order valence-electron chi connectivity index (χ0n) is 13.5. The molecule has 3 unspecified atom stereocenters. The molecule has 0 nitrogen and oxygen atoms in total. The minimum atomic E-state index is 0.945. The van der Waals surface area contributed by atoms with Crippen molar-refractivity contribution in [3.63, 3.8) is 0 Å². The van der Waals surface area contributed by atoms with Crippen LogP contribution in [0.15, 0.2) is 24.3 Å². The standard InChI is InChI=1S/C19H34/c1-5-11-18-15-14-17(4)19(18)13-10-8-7-9-12-16(3)6-2/h8,10,17-19H,3,5-7,9,11-15H2,1-2,4H3. The van der Waals surface area contributed by atoms with Gasteiger partial charge < -0.3 is 0 Å². The molecule has 19 heavy (non-hydrogen) atoms. The highest BCUT2D eigenvalue weighted by molar-refractivity contribution is 4.94. The van der Waals surface area contributed by atoms with Crippen molar-refractivity contribution >= 4 is 0 Å². The number of unbranched alkanes of at least 4 members (excludes halogenated alkanes) is 1. The van der Waals surface area contributed by atoms with Gasteiger partial charge in [0.2, 0.25) is 0 Å². The molecule has 0 bridgehead atoms. The summed E-state index contributed by atoms with van der Waals surface area (Å²) in [5, 5.41) is 0. The molecule has 0 aromatic rings. The lowest BCUT2D eigenvalue weighted by molar-refractivity contribution is 0.312. The van der Waals surface area contributed by atoms with Crippen molar-refractivity contribution in [1.29, 1.82) is 0 Å². The summed E-state index contributed by atoms with van der Waals surface area (Å²) in [5.74, 6) is 2.91. The number of rotatable bonds is 9. The molecule has 0 N–H and O–H groups in total. The van der Waals surface area contributed by atoms with Crippen LogP contribution in [-0.4, -0.2) is 0 Å². The molecule has 0 saturated heterocycles. The molecule has 1 aliphatic carbocycles. The first-order valence-corrected chi connectivity index (χ1v) is 8.50. The van der Waals surface area contributed by atoms with E-state index >= 15 is 0 Å². The maximum absolute atomic E-state index is 4.07. The van der Waals surface area contributed by atoms with Crippen molar-refractivity contribution in [2.75, 3.05) is 0 Å². The van der Waals surface area contributed by atoms with E-state index in [9.17, 15) is 0 Å². The van der Waals surface area contributed by atoms with Crippen molar-refractivity contribution in [3.05, 3.63) is 24.3 Å². The number of allylic oxidation sites excluding steroid dienone is 3. The Morgan fingerprint density at radius 3 is 2.68 bits per heavy atom. The quantitative estimate of drug-likeness (QED) is 0.327. The first kappa shape index (κ1) is 16.5. The van der Waals surface area contributed by atoms with Crippen molar-refractivity contribution in [2.24, 2.45) is 17.8 Å². The van der Waals surface area contributed by atoms with Crippen molar-refractivity contribution < 1.29 is 0 Å². The van der Waals surface area contributed by atoms with E-state index in [1.165, 1.54) is 56.9 Å². The molecule has 0 amide bonds. The van der Waals surface area contributed by atoms with Crippen molar-refractivity contribution in [2.45, 2.75) is 78.6 Å². The Morgan fingerprint density at radius 2 is 2.00 bits per heavy atom. The molecule has 0 spiro atoms. The monoisotopic (exact) mass is 262 g/mol. The van der Waals surface area contributed by atoms with E-state index in [1.54, 1.807) is 0 Å². The van der Waals surface area contributed by atoms with Crippen LogP contribution < -0.4 is 0 Å². The Morgan fingerprint density at radius 1 is 1.21 bits per heavy atom. The molecule has 0 aliphatic heterocycles. The van der Waals surface area contributed by atoms with Gasteiger partial charge >= 0.3 is 0 Å². The van der Waals surface area contributed by atoms with Crippen LogP contribution in [-0.2, 0) is 0 Å². The van der Waals surface area contributed by atoms with Crippen LogP contribution in [0.1, 0.15) is 78.6 Å². The molecule has 110 valence electrons. The highest BCUT2D eigenvalue weighted by atomic mass is 14.4. The lowest BCUT2D eigenvalue weighted by atomic mass is 9.85. The van der Waals surface area contributed by atoms with Gasteiger partial charge in [-0.25, -0.2) is 0 Å². The van der Waals surface area contributed by atoms with Gasteiger partial charge in [-0.15, -0.1) is 0 Å². The fourth-order valence-electron chi connectivity index (χ4n) is 3.54. The van der Waals surface area contributed by atoms with Crippen molar-refractivity contribution in [3.8, 4) is 0 Å².